The summed E-state index contributed by atoms with van der Waals surface area (Å²) in [7, 11) is 1.44. The van der Waals surface area contributed by atoms with Crippen LogP contribution in [-0.2, 0) is 9.53 Å². The molecule has 1 aliphatic heterocycles. The van der Waals surface area contributed by atoms with Crippen LogP contribution in [0.4, 0.5) is 11.5 Å². The summed E-state index contributed by atoms with van der Waals surface area (Å²) in [5.74, 6) is 0.551. The third kappa shape index (κ3) is 3.40. The fourth-order valence-corrected chi connectivity index (χ4v) is 4.43. The largest absolute Gasteiger partial charge is 0.469 e. The summed E-state index contributed by atoms with van der Waals surface area (Å²) in [5, 5.41) is 0. The van der Waals surface area contributed by atoms with Gasteiger partial charge in [0, 0.05) is 5.56 Å². The molecule has 1 saturated carbocycles. The predicted molar refractivity (Wildman–Crippen MR) is 118 cm³/mol. The zero-order chi connectivity index (χ0) is 21.8. The molecule has 1 aromatic carbocycles. The van der Waals surface area contributed by atoms with Crippen molar-refractivity contribution in [1.82, 2.24) is 9.97 Å². The molecule has 5 rings (SSSR count). The topological polar surface area (TPSA) is 99.7 Å². The van der Waals surface area contributed by atoms with Gasteiger partial charge in [0.05, 0.1) is 19.2 Å². The van der Waals surface area contributed by atoms with Crippen molar-refractivity contribution >= 4 is 28.8 Å². The Labute approximate surface area is 180 Å². The van der Waals surface area contributed by atoms with Crippen LogP contribution in [0.15, 0.2) is 52.3 Å². The van der Waals surface area contributed by atoms with Gasteiger partial charge in [-0.1, -0.05) is 29.8 Å². The number of aliphatic imine (C=N–C) groups is 1. The number of fused-ring (bicyclic) bond motifs is 2. The summed E-state index contributed by atoms with van der Waals surface area (Å²) in [6.07, 6.45) is 4.63. The minimum atomic E-state index is -0.642. The third-order valence-corrected chi connectivity index (χ3v) is 6.12. The Morgan fingerprint density at radius 1 is 1.10 bits per heavy atom. The zero-order valence-electron chi connectivity index (χ0n) is 17.9. The SMILES string of the molecule is COC(=O)CC1=C2CC2=C(c2ccc(C3=Nc4c(N)ncnc4OC3(C)C)cc2)CC1. The van der Waals surface area contributed by atoms with Gasteiger partial charge in [-0.05, 0) is 55.4 Å². The first-order chi connectivity index (χ1) is 14.9. The Morgan fingerprint density at radius 3 is 2.58 bits per heavy atom. The first-order valence-corrected chi connectivity index (χ1v) is 10.4. The monoisotopic (exact) mass is 416 g/mol. The number of carbonyl (C=O) groups is 1. The Morgan fingerprint density at radius 2 is 1.84 bits per heavy atom. The van der Waals surface area contributed by atoms with Crippen molar-refractivity contribution in [1.29, 1.82) is 0 Å². The van der Waals surface area contributed by atoms with Gasteiger partial charge >= 0.3 is 5.97 Å². The summed E-state index contributed by atoms with van der Waals surface area (Å²) in [5.41, 5.74) is 14.1. The number of hydrogen-bond donors (Lipinski definition) is 1. The molecule has 0 amide bonds. The lowest BCUT2D eigenvalue weighted by molar-refractivity contribution is -0.139. The van der Waals surface area contributed by atoms with E-state index >= 15 is 0 Å². The predicted octanol–water partition coefficient (Wildman–Crippen LogP) is 4.16. The fourth-order valence-electron chi connectivity index (χ4n) is 4.43. The standard InChI is InChI=1S/C24H24N4O3/c1-24(2)21(28-20-22(25)26-12-27-23(20)31-24)14-6-4-13(5-7-14)16-9-8-15(10-19(29)30-3)17-11-18(16)17/h4-7,12H,8-11H2,1-3H3,(H2,25,26,27). The number of benzene rings is 1. The van der Waals surface area contributed by atoms with Gasteiger partial charge in [-0.3, -0.25) is 4.79 Å². The molecule has 0 spiro atoms. The van der Waals surface area contributed by atoms with E-state index < -0.39 is 5.60 Å². The number of nitrogens with zero attached hydrogens (tertiary/aromatic N) is 3. The molecule has 1 fully saturated rings. The molecule has 31 heavy (non-hydrogen) atoms. The quantitative estimate of drug-likeness (QED) is 0.751. The molecule has 3 aliphatic rings. The number of nitrogen functional groups attached to an aromatic ring is 1. The highest BCUT2D eigenvalue weighted by Crippen LogP contribution is 2.51. The molecule has 2 N–H and O–H groups in total. The lowest BCUT2D eigenvalue weighted by Crippen LogP contribution is -2.41. The summed E-state index contributed by atoms with van der Waals surface area (Å²) in [6.45, 7) is 3.94. The van der Waals surface area contributed by atoms with Crippen molar-refractivity contribution in [2.45, 2.75) is 45.1 Å². The number of methoxy groups -OCH3 is 1. The number of hydrogen-bond acceptors (Lipinski definition) is 7. The van der Waals surface area contributed by atoms with Crippen molar-refractivity contribution in [2.24, 2.45) is 4.99 Å². The van der Waals surface area contributed by atoms with E-state index in [0.717, 1.165) is 30.5 Å². The van der Waals surface area contributed by atoms with Crippen LogP contribution in [0.2, 0.25) is 0 Å². The van der Waals surface area contributed by atoms with Gasteiger partial charge in [-0.15, -0.1) is 0 Å². The number of aromatic nitrogens is 2. The maximum atomic E-state index is 11.6. The van der Waals surface area contributed by atoms with Crippen LogP contribution in [0.3, 0.4) is 0 Å². The maximum absolute atomic E-state index is 11.6. The molecule has 0 radical (unpaired) electrons. The molecule has 0 unspecified atom stereocenters. The summed E-state index contributed by atoms with van der Waals surface area (Å²) in [4.78, 5) is 24.6. The van der Waals surface area contributed by atoms with Gasteiger partial charge in [0.15, 0.2) is 11.5 Å². The van der Waals surface area contributed by atoms with E-state index in [1.54, 1.807) is 0 Å². The third-order valence-electron chi connectivity index (χ3n) is 6.12. The Balaban J connectivity index is 1.45. The van der Waals surface area contributed by atoms with E-state index in [0.29, 0.717) is 23.8 Å². The van der Waals surface area contributed by atoms with Crippen molar-refractivity contribution in [2.75, 3.05) is 12.8 Å². The average molecular weight is 416 g/mol. The van der Waals surface area contributed by atoms with E-state index in [9.17, 15) is 4.79 Å². The first kappa shape index (κ1) is 19.5. The number of esters is 1. The normalized spacial score (nSPS) is 18.6. The van der Waals surface area contributed by atoms with Gasteiger partial charge < -0.3 is 15.2 Å². The minimum absolute atomic E-state index is 0.160. The highest BCUT2D eigenvalue weighted by atomic mass is 16.5. The molecular formula is C24H24N4O3. The molecule has 0 saturated heterocycles. The lowest BCUT2D eigenvalue weighted by atomic mass is 9.89. The Hall–Kier alpha value is -3.48. The number of rotatable bonds is 4. The van der Waals surface area contributed by atoms with Crippen molar-refractivity contribution in [3.8, 4) is 5.88 Å². The van der Waals surface area contributed by atoms with Gasteiger partial charge in [-0.25, -0.2) is 9.98 Å². The van der Waals surface area contributed by atoms with Gasteiger partial charge in [-0.2, -0.15) is 4.98 Å². The number of carbonyl (C=O) groups excluding carboxylic acids is 1. The molecule has 7 nitrogen and oxygen atoms in total. The van der Waals surface area contributed by atoms with Crippen LogP contribution in [0, 0.1) is 0 Å². The number of allylic oxidation sites excluding steroid dienone is 3. The summed E-state index contributed by atoms with van der Waals surface area (Å²) >= 11 is 0. The second-order valence-electron chi connectivity index (χ2n) is 8.53. The molecule has 7 heteroatoms. The molecule has 1 aromatic heterocycles. The van der Waals surface area contributed by atoms with Crippen LogP contribution in [0.25, 0.3) is 5.57 Å². The van der Waals surface area contributed by atoms with Crippen molar-refractivity contribution < 1.29 is 14.3 Å². The first-order valence-electron chi connectivity index (χ1n) is 10.4. The van der Waals surface area contributed by atoms with Crippen LogP contribution in [0.5, 0.6) is 5.88 Å². The highest BCUT2D eigenvalue weighted by Gasteiger charge is 2.36. The van der Waals surface area contributed by atoms with E-state index in [4.69, 9.17) is 20.2 Å². The van der Waals surface area contributed by atoms with Crippen LogP contribution in [-0.4, -0.2) is 34.4 Å². The molecule has 2 heterocycles. The van der Waals surface area contributed by atoms with Gasteiger partial charge in [0.2, 0.25) is 5.88 Å². The molecule has 158 valence electrons. The Bertz CT molecular complexity index is 1190. The summed E-state index contributed by atoms with van der Waals surface area (Å²) < 4.78 is 10.9. The van der Waals surface area contributed by atoms with E-state index in [-0.39, 0.29) is 5.97 Å². The zero-order valence-corrected chi connectivity index (χ0v) is 17.9. The molecular weight excluding hydrogens is 392 g/mol. The maximum Gasteiger partial charge on any atom is 0.309 e. The number of ether oxygens (including phenoxy) is 2. The highest BCUT2D eigenvalue weighted by molar-refractivity contribution is 6.09. The smallest absolute Gasteiger partial charge is 0.309 e. The number of nitrogens with two attached hydrogens (primary N) is 1. The van der Waals surface area contributed by atoms with E-state index in [1.165, 1.54) is 41.3 Å². The molecule has 2 aliphatic carbocycles. The molecule has 0 bridgehead atoms. The van der Waals surface area contributed by atoms with E-state index in [1.807, 2.05) is 13.8 Å². The van der Waals surface area contributed by atoms with Crippen LogP contribution < -0.4 is 10.5 Å². The van der Waals surface area contributed by atoms with Crippen LogP contribution >= 0.6 is 0 Å². The number of anilines is 1. The van der Waals surface area contributed by atoms with Gasteiger partial charge in [0.1, 0.15) is 11.9 Å². The Kier molecular flexibility index (Phi) is 4.43. The average Bonchev–Trinajstić information content (AvgIpc) is 3.55. The van der Waals surface area contributed by atoms with E-state index in [2.05, 4.69) is 34.2 Å². The lowest BCUT2D eigenvalue weighted by Gasteiger charge is -2.32. The second-order valence-corrected chi connectivity index (χ2v) is 8.53. The summed E-state index contributed by atoms with van der Waals surface area (Å²) in [6, 6.07) is 8.43. The molecule has 2 aromatic rings. The van der Waals surface area contributed by atoms with Crippen LogP contribution in [0.1, 0.15) is 50.7 Å². The fraction of sp³-hybridized carbons (Fsp3) is 0.333. The molecule has 0 atom stereocenters. The van der Waals surface area contributed by atoms with Crippen molar-refractivity contribution in [3.63, 3.8) is 0 Å². The van der Waals surface area contributed by atoms with Crippen molar-refractivity contribution in [3.05, 3.63) is 58.4 Å². The minimum Gasteiger partial charge on any atom is -0.469 e. The second kappa shape index (κ2) is 7.04. The van der Waals surface area contributed by atoms with Gasteiger partial charge in [0.25, 0.3) is 0 Å².